The number of amides is 1. The summed E-state index contributed by atoms with van der Waals surface area (Å²) in [5.74, 6) is 0.900. The Morgan fingerprint density at radius 1 is 0.909 bits per heavy atom. The molecule has 1 amide bonds. The number of rotatable bonds is 2. The molecule has 0 aromatic heterocycles. The maximum absolute atomic E-state index is 12.3. The van der Waals surface area contributed by atoms with E-state index in [1.54, 1.807) is 12.0 Å². The topological polar surface area (TPSA) is 29.5 Å². The van der Waals surface area contributed by atoms with Crippen LogP contribution in [-0.4, -0.2) is 20.1 Å². The van der Waals surface area contributed by atoms with Crippen LogP contribution in [0.4, 0.5) is 5.69 Å². The standard InChI is InChI=1S/C19H15NO2/c1-20-17-5-3-4-15-14(10-11-16(18(15)17)19(20)21)12-6-8-13(22-2)9-7-12/h3-11H,1-2H3. The van der Waals surface area contributed by atoms with Gasteiger partial charge < -0.3 is 9.64 Å². The first-order valence-electron chi connectivity index (χ1n) is 7.19. The average molecular weight is 289 g/mol. The van der Waals surface area contributed by atoms with E-state index in [9.17, 15) is 4.79 Å². The van der Waals surface area contributed by atoms with Crippen molar-refractivity contribution in [2.45, 2.75) is 0 Å². The van der Waals surface area contributed by atoms with Crippen LogP contribution in [0, 0.1) is 0 Å². The number of carbonyl (C=O) groups is 1. The van der Waals surface area contributed by atoms with E-state index in [1.807, 2.05) is 55.6 Å². The number of ether oxygens (including phenoxy) is 1. The Balaban J connectivity index is 1.99. The van der Waals surface area contributed by atoms with Crippen LogP contribution in [0.1, 0.15) is 10.4 Å². The van der Waals surface area contributed by atoms with E-state index in [1.165, 1.54) is 0 Å². The monoisotopic (exact) mass is 289 g/mol. The lowest BCUT2D eigenvalue weighted by Gasteiger charge is -2.10. The molecule has 3 aromatic rings. The van der Waals surface area contributed by atoms with Crippen LogP contribution in [0.3, 0.4) is 0 Å². The molecule has 1 aliphatic heterocycles. The van der Waals surface area contributed by atoms with Crippen molar-refractivity contribution < 1.29 is 9.53 Å². The van der Waals surface area contributed by atoms with Crippen LogP contribution < -0.4 is 9.64 Å². The van der Waals surface area contributed by atoms with E-state index < -0.39 is 0 Å². The second kappa shape index (κ2) is 4.60. The van der Waals surface area contributed by atoms with Crippen molar-refractivity contribution in [2.75, 3.05) is 19.1 Å². The summed E-state index contributed by atoms with van der Waals surface area (Å²) in [5.41, 5.74) is 4.01. The minimum atomic E-state index is 0.0625. The van der Waals surface area contributed by atoms with Crippen LogP contribution in [0.15, 0.2) is 54.6 Å². The van der Waals surface area contributed by atoms with Gasteiger partial charge in [-0.25, -0.2) is 0 Å². The number of carbonyl (C=O) groups excluding carboxylic acids is 1. The van der Waals surface area contributed by atoms with Crippen molar-refractivity contribution in [3.05, 3.63) is 60.2 Å². The van der Waals surface area contributed by atoms with E-state index in [4.69, 9.17) is 4.74 Å². The molecular weight excluding hydrogens is 274 g/mol. The van der Waals surface area contributed by atoms with E-state index >= 15 is 0 Å². The van der Waals surface area contributed by atoms with Gasteiger partial charge in [0, 0.05) is 18.0 Å². The molecule has 0 radical (unpaired) electrons. The van der Waals surface area contributed by atoms with Gasteiger partial charge in [0.25, 0.3) is 5.91 Å². The highest BCUT2D eigenvalue weighted by Crippen LogP contribution is 2.40. The Morgan fingerprint density at radius 2 is 1.64 bits per heavy atom. The minimum absolute atomic E-state index is 0.0625. The number of hydrogen-bond acceptors (Lipinski definition) is 2. The molecular formula is C19H15NO2. The number of methoxy groups -OCH3 is 1. The molecule has 0 saturated carbocycles. The fourth-order valence-corrected chi connectivity index (χ4v) is 3.16. The van der Waals surface area contributed by atoms with E-state index in [2.05, 4.69) is 6.07 Å². The second-order valence-electron chi connectivity index (χ2n) is 5.45. The molecule has 0 bridgehead atoms. The van der Waals surface area contributed by atoms with Crippen LogP contribution in [0.5, 0.6) is 5.75 Å². The first-order valence-corrected chi connectivity index (χ1v) is 7.19. The lowest BCUT2D eigenvalue weighted by atomic mass is 9.95. The zero-order valence-electron chi connectivity index (χ0n) is 12.5. The molecule has 108 valence electrons. The van der Waals surface area contributed by atoms with Crippen LogP contribution in [-0.2, 0) is 0 Å². The van der Waals surface area contributed by atoms with Gasteiger partial charge in [-0.05, 0) is 40.8 Å². The Labute approximate surface area is 128 Å². The van der Waals surface area contributed by atoms with E-state index in [-0.39, 0.29) is 5.91 Å². The number of nitrogens with zero attached hydrogens (tertiary/aromatic N) is 1. The van der Waals surface area contributed by atoms with Gasteiger partial charge in [-0.1, -0.05) is 30.3 Å². The van der Waals surface area contributed by atoms with Crippen LogP contribution in [0.25, 0.3) is 21.9 Å². The summed E-state index contributed by atoms with van der Waals surface area (Å²) < 4.78 is 5.22. The lowest BCUT2D eigenvalue weighted by molar-refractivity contribution is 0.0999. The van der Waals surface area contributed by atoms with Crippen molar-refractivity contribution in [1.29, 1.82) is 0 Å². The SMILES string of the molecule is COc1ccc(-c2ccc3c4c(cccc24)N(C)C3=O)cc1. The predicted molar refractivity (Wildman–Crippen MR) is 88.7 cm³/mol. The molecule has 0 unspecified atom stereocenters. The summed E-state index contributed by atoms with van der Waals surface area (Å²) in [4.78, 5) is 14.0. The maximum Gasteiger partial charge on any atom is 0.258 e. The second-order valence-corrected chi connectivity index (χ2v) is 5.45. The molecule has 0 atom stereocenters. The van der Waals surface area contributed by atoms with Crippen molar-refractivity contribution >= 4 is 22.4 Å². The fourth-order valence-electron chi connectivity index (χ4n) is 3.16. The van der Waals surface area contributed by atoms with Gasteiger partial charge in [-0.15, -0.1) is 0 Å². The predicted octanol–water partition coefficient (Wildman–Crippen LogP) is 4.11. The van der Waals surface area contributed by atoms with Gasteiger partial charge in [-0.3, -0.25) is 4.79 Å². The molecule has 0 aliphatic carbocycles. The summed E-state index contributed by atoms with van der Waals surface area (Å²) >= 11 is 0. The van der Waals surface area contributed by atoms with Gasteiger partial charge in [-0.2, -0.15) is 0 Å². The molecule has 3 heteroatoms. The summed E-state index contributed by atoms with van der Waals surface area (Å²) in [7, 11) is 3.49. The Hall–Kier alpha value is -2.81. The Kier molecular flexibility index (Phi) is 2.70. The Bertz CT molecular complexity index is 897. The molecule has 0 fully saturated rings. The fraction of sp³-hybridized carbons (Fsp3) is 0.105. The summed E-state index contributed by atoms with van der Waals surface area (Å²) in [5, 5.41) is 2.15. The minimum Gasteiger partial charge on any atom is -0.497 e. The van der Waals surface area contributed by atoms with Crippen molar-refractivity contribution in [2.24, 2.45) is 0 Å². The van der Waals surface area contributed by atoms with Crippen molar-refractivity contribution in [3.63, 3.8) is 0 Å². The smallest absolute Gasteiger partial charge is 0.258 e. The normalized spacial score (nSPS) is 13.0. The summed E-state index contributed by atoms with van der Waals surface area (Å²) in [6.07, 6.45) is 0. The molecule has 4 rings (SSSR count). The maximum atomic E-state index is 12.3. The van der Waals surface area contributed by atoms with Crippen LogP contribution in [0.2, 0.25) is 0 Å². The molecule has 1 heterocycles. The van der Waals surface area contributed by atoms with Gasteiger partial charge in [0.1, 0.15) is 5.75 Å². The molecule has 22 heavy (non-hydrogen) atoms. The highest BCUT2D eigenvalue weighted by molar-refractivity contribution is 6.26. The third-order valence-electron chi connectivity index (χ3n) is 4.32. The van der Waals surface area contributed by atoms with Gasteiger partial charge in [0.15, 0.2) is 0 Å². The number of anilines is 1. The first-order chi connectivity index (χ1) is 10.7. The summed E-state index contributed by atoms with van der Waals surface area (Å²) in [6.45, 7) is 0. The Morgan fingerprint density at radius 3 is 2.36 bits per heavy atom. The third kappa shape index (κ3) is 1.65. The van der Waals surface area contributed by atoms with Gasteiger partial charge >= 0.3 is 0 Å². The quantitative estimate of drug-likeness (QED) is 0.710. The van der Waals surface area contributed by atoms with Gasteiger partial charge in [0.2, 0.25) is 0 Å². The zero-order chi connectivity index (χ0) is 15.3. The molecule has 0 N–H and O–H groups in total. The van der Waals surface area contributed by atoms with E-state index in [0.29, 0.717) is 0 Å². The molecule has 1 aliphatic rings. The molecule has 0 spiro atoms. The summed E-state index contributed by atoms with van der Waals surface area (Å²) in [6, 6.07) is 18.0. The largest absolute Gasteiger partial charge is 0.497 e. The highest BCUT2D eigenvalue weighted by atomic mass is 16.5. The highest BCUT2D eigenvalue weighted by Gasteiger charge is 2.27. The first kappa shape index (κ1) is 12.9. The van der Waals surface area contributed by atoms with Crippen LogP contribution >= 0.6 is 0 Å². The van der Waals surface area contributed by atoms with E-state index in [0.717, 1.165) is 38.9 Å². The molecule has 3 aromatic carbocycles. The number of benzene rings is 3. The lowest BCUT2D eigenvalue weighted by Crippen LogP contribution is -2.20. The average Bonchev–Trinajstić information content (AvgIpc) is 2.82. The number of hydrogen-bond donors (Lipinski definition) is 0. The molecule has 3 nitrogen and oxygen atoms in total. The molecule has 0 saturated heterocycles. The van der Waals surface area contributed by atoms with Crippen molar-refractivity contribution in [3.8, 4) is 16.9 Å². The zero-order valence-corrected chi connectivity index (χ0v) is 12.5. The third-order valence-corrected chi connectivity index (χ3v) is 4.32. The van der Waals surface area contributed by atoms with Crippen molar-refractivity contribution in [1.82, 2.24) is 0 Å². The van der Waals surface area contributed by atoms with Gasteiger partial charge in [0.05, 0.1) is 12.8 Å².